The second-order valence-corrected chi connectivity index (χ2v) is 4.54. The number of benzene rings is 1. The van der Waals surface area contributed by atoms with Crippen molar-refractivity contribution in [2.24, 2.45) is 0 Å². The quantitative estimate of drug-likeness (QED) is 0.683. The van der Waals surface area contributed by atoms with Crippen molar-refractivity contribution in [1.29, 1.82) is 0 Å². The maximum Gasteiger partial charge on any atom is 0.267 e. The van der Waals surface area contributed by atoms with Crippen molar-refractivity contribution in [2.45, 2.75) is 13.5 Å². The average molecular weight is 268 g/mol. The fourth-order valence-corrected chi connectivity index (χ4v) is 2.08. The molecule has 0 unspecified atom stereocenters. The summed E-state index contributed by atoms with van der Waals surface area (Å²) in [5.41, 5.74) is 1.52. The van der Waals surface area contributed by atoms with Gasteiger partial charge in [-0.1, -0.05) is 18.2 Å². The van der Waals surface area contributed by atoms with Crippen LogP contribution < -0.4 is 5.56 Å². The highest BCUT2D eigenvalue weighted by Gasteiger charge is 2.14. The summed E-state index contributed by atoms with van der Waals surface area (Å²) in [6.45, 7) is 1.68. The zero-order chi connectivity index (χ0) is 14.1. The van der Waals surface area contributed by atoms with Gasteiger partial charge in [0.1, 0.15) is 18.4 Å². The highest BCUT2D eigenvalue weighted by molar-refractivity contribution is 6.06. The molecule has 20 heavy (non-hydrogen) atoms. The van der Waals surface area contributed by atoms with Crippen LogP contribution in [0.5, 0.6) is 0 Å². The Kier molecular flexibility index (Phi) is 2.95. The maximum absolute atomic E-state index is 12.3. The Balaban J connectivity index is 1.97. The Bertz CT molecular complexity index is 845. The summed E-state index contributed by atoms with van der Waals surface area (Å²) in [7, 11) is 0. The number of nitrogens with zero attached hydrogens (tertiary/aromatic N) is 2. The number of ketones is 1. The van der Waals surface area contributed by atoms with Gasteiger partial charge in [-0.25, -0.2) is 4.68 Å². The molecule has 0 aliphatic carbocycles. The Labute approximate surface area is 114 Å². The smallest absolute Gasteiger partial charge is 0.267 e. The van der Waals surface area contributed by atoms with Gasteiger partial charge in [0.25, 0.3) is 5.56 Å². The molecule has 2 heterocycles. The Hall–Kier alpha value is -2.69. The summed E-state index contributed by atoms with van der Waals surface area (Å²) >= 11 is 0. The zero-order valence-corrected chi connectivity index (χ0v) is 10.9. The third kappa shape index (κ3) is 2.14. The van der Waals surface area contributed by atoms with Gasteiger partial charge in [-0.05, 0) is 19.1 Å². The van der Waals surface area contributed by atoms with Crippen LogP contribution in [0.25, 0.3) is 11.0 Å². The lowest BCUT2D eigenvalue weighted by molar-refractivity contribution is 0.0966. The molecule has 0 aliphatic rings. The van der Waals surface area contributed by atoms with Crippen LogP contribution in [0.4, 0.5) is 0 Å². The fourth-order valence-electron chi connectivity index (χ4n) is 2.08. The predicted molar refractivity (Wildman–Crippen MR) is 73.8 cm³/mol. The van der Waals surface area contributed by atoms with Gasteiger partial charge >= 0.3 is 0 Å². The van der Waals surface area contributed by atoms with Crippen LogP contribution in [-0.2, 0) is 6.54 Å². The van der Waals surface area contributed by atoms with E-state index in [1.165, 1.54) is 17.0 Å². The van der Waals surface area contributed by atoms with E-state index in [1.54, 1.807) is 19.1 Å². The van der Waals surface area contributed by atoms with Crippen LogP contribution in [0.15, 0.2) is 51.9 Å². The highest BCUT2D eigenvalue weighted by atomic mass is 16.3. The molecular weight excluding hydrogens is 256 g/mol. The number of hydrogen-bond acceptors (Lipinski definition) is 4. The topological polar surface area (TPSA) is 65.1 Å². The van der Waals surface area contributed by atoms with Crippen molar-refractivity contribution in [3.63, 3.8) is 0 Å². The SMILES string of the molecule is Cc1ccc(=O)n(CC(=O)c2coc3ccccc23)n1. The van der Waals surface area contributed by atoms with Crippen molar-refractivity contribution in [3.8, 4) is 0 Å². The molecule has 0 saturated heterocycles. The van der Waals surface area contributed by atoms with Gasteiger partial charge < -0.3 is 4.42 Å². The van der Waals surface area contributed by atoms with E-state index in [9.17, 15) is 9.59 Å². The van der Waals surface area contributed by atoms with Crippen LogP contribution in [0.2, 0.25) is 0 Å². The highest BCUT2D eigenvalue weighted by Crippen LogP contribution is 2.21. The monoisotopic (exact) mass is 268 g/mol. The molecule has 0 spiro atoms. The van der Waals surface area contributed by atoms with E-state index in [0.717, 1.165) is 5.39 Å². The van der Waals surface area contributed by atoms with Crippen LogP contribution in [0, 0.1) is 6.92 Å². The number of aromatic nitrogens is 2. The minimum absolute atomic E-state index is 0.0932. The lowest BCUT2D eigenvalue weighted by atomic mass is 10.1. The van der Waals surface area contributed by atoms with Crippen molar-refractivity contribution in [1.82, 2.24) is 9.78 Å². The van der Waals surface area contributed by atoms with E-state index < -0.39 is 0 Å². The molecule has 5 nitrogen and oxygen atoms in total. The van der Waals surface area contributed by atoms with Gasteiger partial charge in [-0.3, -0.25) is 9.59 Å². The second kappa shape index (κ2) is 4.77. The lowest BCUT2D eigenvalue weighted by Gasteiger charge is -2.03. The van der Waals surface area contributed by atoms with Crippen LogP contribution in [-0.4, -0.2) is 15.6 Å². The van der Waals surface area contributed by atoms with Gasteiger partial charge in [-0.15, -0.1) is 0 Å². The first-order valence-electron chi connectivity index (χ1n) is 6.19. The molecule has 1 aromatic carbocycles. The number of para-hydroxylation sites is 1. The number of carbonyl (C=O) groups is 1. The zero-order valence-electron chi connectivity index (χ0n) is 10.9. The van der Waals surface area contributed by atoms with Crippen LogP contribution in [0.3, 0.4) is 0 Å². The largest absolute Gasteiger partial charge is 0.464 e. The molecule has 0 saturated carbocycles. The average Bonchev–Trinajstić information content (AvgIpc) is 2.87. The van der Waals surface area contributed by atoms with Crippen molar-refractivity contribution < 1.29 is 9.21 Å². The first-order valence-corrected chi connectivity index (χ1v) is 6.19. The van der Waals surface area contributed by atoms with Gasteiger partial charge in [0.15, 0.2) is 5.78 Å². The summed E-state index contributed by atoms with van der Waals surface area (Å²) in [5.74, 6) is -0.199. The van der Waals surface area contributed by atoms with E-state index in [-0.39, 0.29) is 17.9 Å². The summed E-state index contributed by atoms with van der Waals surface area (Å²) in [4.78, 5) is 24.0. The molecule has 3 rings (SSSR count). The standard InChI is InChI=1S/C15H12N2O3/c1-10-6-7-15(19)17(16-10)8-13(18)12-9-20-14-5-3-2-4-11(12)14/h2-7,9H,8H2,1H3. The molecule has 5 heteroatoms. The Morgan fingerprint density at radius 2 is 2.05 bits per heavy atom. The van der Waals surface area contributed by atoms with Gasteiger partial charge in [0, 0.05) is 11.5 Å². The van der Waals surface area contributed by atoms with Gasteiger partial charge in [-0.2, -0.15) is 5.10 Å². The molecule has 3 aromatic rings. The minimum Gasteiger partial charge on any atom is -0.464 e. The Morgan fingerprint density at radius 3 is 2.90 bits per heavy atom. The number of Topliss-reactive ketones (excluding diaryl/α,β-unsaturated/α-hetero) is 1. The van der Waals surface area contributed by atoms with Gasteiger partial charge in [0.2, 0.25) is 0 Å². The number of rotatable bonds is 3. The molecule has 0 bridgehead atoms. The number of hydrogen-bond donors (Lipinski definition) is 0. The third-order valence-corrected chi connectivity index (χ3v) is 3.07. The van der Waals surface area contributed by atoms with E-state index in [2.05, 4.69) is 5.10 Å². The molecule has 0 amide bonds. The first kappa shape index (κ1) is 12.3. The van der Waals surface area contributed by atoms with E-state index in [0.29, 0.717) is 16.8 Å². The normalized spacial score (nSPS) is 10.8. The molecule has 100 valence electrons. The molecule has 0 atom stereocenters. The first-order chi connectivity index (χ1) is 9.65. The molecule has 0 fully saturated rings. The third-order valence-electron chi connectivity index (χ3n) is 3.07. The van der Waals surface area contributed by atoms with E-state index >= 15 is 0 Å². The number of furan rings is 1. The van der Waals surface area contributed by atoms with Crippen LogP contribution in [0.1, 0.15) is 16.1 Å². The lowest BCUT2D eigenvalue weighted by Crippen LogP contribution is -2.26. The van der Waals surface area contributed by atoms with Crippen molar-refractivity contribution >= 4 is 16.8 Å². The molecule has 0 radical (unpaired) electrons. The number of fused-ring (bicyclic) bond motifs is 1. The van der Waals surface area contributed by atoms with E-state index in [4.69, 9.17) is 4.42 Å². The maximum atomic E-state index is 12.3. The molecule has 2 aromatic heterocycles. The summed E-state index contributed by atoms with van der Waals surface area (Å²) in [6.07, 6.45) is 1.42. The molecular formula is C15H12N2O3. The summed E-state index contributed by atoms with van der Waals surface area (Å²) in [6, 6.07) is 10.3. The summed E-state index contributed by atoms with van der Waals surface area (Å²) in [5, 5.41) is 4.80. The van der Waals surface area contributed by atoms with Gasteiger partial charge in [0.05, 0.1) is 11.3 Å². The van der Waals surface area contributed by atoms with Crippen molar-refractivity contribution in [3.05, 3.63) is 64.3 Å². The Morgan fingerprint density at radius 1 is 1.25 bits per heavy atom. The number of aryl methyl sites for hydroxylation is 1. The molecule has 0 N–H and O–H groups in total. The fraction of sp³-hybridized carbons (Fsp3) is 0.133. The predicted octanol–water partition coefficient (Wildman–Crippen LogP) is 2.18. The van der Waals surface area contributed by atoms with E-state index in [1.807, 2.05) is 18.2 Å². The van der Waals surface area contributed by atoms with Crippen molar-refractivity contribution in [2.75, 3.05) is 0 Å². The molecule has 0 aliphatic heterocycles. The van der Waals surface area contributed by atoms with Crippen LogP contribution >= 0.6 is 0 Å². The number of carbonyl (C=O) groups excluding carboxylic acids is 1. The minimum atomic E-state index is -0.295. The summed E-state index contributed by atoms with van der Waals surface area (Å²) < 4.78 is 6.50. The second-order valence-electron chi connectivity index (χ2n) is 4.54.